The molecular formula is C21H21NO5. The lowest BCUT2D eigenvalue weighted by Gasteiger charge is -2.14. The number of hydrogen-bond acceptors (Lipinski definition) is 4. The van der Waals surface area contributed by atoms with Crippen LogP contribution in [0.25, 0.3) is 6.08 Å². The fourth-order valence-corrected chi connectivity index (χ4v) is 3.17. The highest BCUT2D eigenvalue weighted by atomic mass is 16.5. The highest BCUT2D eigenvalue weighted by Crippen LogP contribution is 2.51. The summed E-state index contributed by atoms with van der Waals surface area (Å²) in [6.07, 6.45) is 3.31. The van der Waals surface area contributed by atoms with E-state index in [1.807, 2.05) is 30.3 Å². The maximum Gasteiger partial charge on any atom is 0.330 e. The molecule has 2 aromatic rings. The number of carbonyl (C=O) groups excluding carboxylic acids is 1. The minimum Gasteiger partial charge on any atom is -0.493 e. The van der Waals surface area contributed by atoms with E-state index in [0.717, 1.165) is 11.1 Å². The minimum atomic E-state index is -1.25. The van der Waals surface area contributed by atoms with Gasteiger partial charge in [-0.25, -0.2) is 4.79 Å². The predicted molar refractivity (Wildman–Crippen MR) is 101 cm³/mol. The van der Waals surface area contributed by atoms with Crippen LogP contribution in [0.2, 0.25) is 0 Å². The van der Waals surface area contributed by atoms with Gasteiger partial charge in [-0.15, -0.1) is 0 Å². The second kappa shape index (κ2) is 7.53. The van der Waals surface area contributed by atoms with E-state index in [1.165, 1.54) is 13.2 Å². The fraction of sp³-hybridized carbons (Fsp3) is 0.238. The van der Waals surface area contributed by atoms with Crippen molar-refractivity contribution in [2.45, 2.75) is 17.9 Å². The van der Waals surface area contributed by atoms with Gasteiger partial charge in [0.25, 0.3) is 0 Å². The van der Waals surface area contributed by atoms with Gasteiger partial charge in [0.1, 0.15) is 5.54 Å². The topological polar surface area (TPSA) is 84.9 Å². The van der Waals surface area contributed by atoms with Gasteiger partial charge < -0.3 is 19.9 Å². The first-order chi connectivity index (χ1) is 13.0. The molecular weight excluding hydrogens is 346 g/mol. The van der Waals surface area contributed by atoms with Crippen LogP contribution in [-0.2, 0) is 9.59 Å². The summed E-state index contributed by atoms with van der Waals surface area (Å²) in [5.74, 6) is -0.564. The van der Waals surface area contributed by atoms with Crippen LogP contribution in [0.5, 0.6) is 11.5 Å². The molecule has 140 valence electrons. The Morgan fingerprint density at radius 2 is 1.81 bits per heavy atom. The molecule has 6 heteroatoms. The largest absolute Gasteiger partial charge is 0.493 e. The number of aliphatic carboxylic acids is 1. The Labute approximate surface area is 157 Å². The zero-order valence-electron chi connectivity index (χ0n) is 15.1. The lowest BCUT2D eigenvalue weighted by Crippen LogP contribution is -2.43. The molecule has 2 aromatic carbocycles. The van der Waals surface area contributed by atoms with Crippen LogP contribution < -0.4 is 14.8 Å². The highest BCUT2D eigenvalue weighted by Gasteiger charge is 2.62. The molecule has 0 bridgehead atoms. The summed E-state index contributed by atoms with van der Waals surface area (Å²) in [5, 5.41) is 12.3. The van der Waals surface area contributed by atoms with E-state index in [0.29, 0.717) is 17.9 Å². The number of methoxy groups -OCH3 is 2. The van der Waals surface area contributed by atoms with Crippen LogP contribution in [0.3, 0.4) is 0 Å². The predicted octanol–water partition coefficient (Wildman–Crippen LogP) is 2.84. The zero-order chi connectivity index (χ0) is 19.4. The van der Waals surface area contributed by atoms with Gasteiger partial charge in [-0.2, -0.15) is 0 Å². The van der Waals surface area contributed by atoms with Crippen LogP contribution in [0, 0.1) is 0 Å². The molecule has 1 fully saturated rings. The Morgan fingerprint density at radius 1 is 1.11 bits per heavy atom. The molecule has 0 aliphatic heterocycles. The third kappa shape index (κ3) is 3.79. The highest BCUT2D eigenvalue weighted by molar-refractivity contribution is 5.98. The van der Waals surface area contributed by atoms with Crippen molar-refractivity contribution in [3.8, 4) is 11.5 Å². The van der Waals surface area contributed by atoms with E-state index in [2.05, 4.69) is 5.32 Å². The molecule has 2 atom stereocenters. The molecule has 1 amide bonds. The molecule has 27 heavy (non-hydrogen) atoms. The van der Waals surface area contributed by atoms with E-state index in [1.54, 1.807) is 31.4 Å². The second-order valence-corrected chi connectivity index (χ2v) is 6.38. The number of nitrogens with one attached hydrogen (secondary N) is 1. The first-order valence-corrected chi connectivity index (χ1v) is 8.51. The fourth-order valence-electron chi connectivity index (χ4n) is 3.17. The summed E-state index contributed by atoms with van der Waals surface area (Å²) in [5.41, 5.74) is 0.395. The number of hydrogen-bond donors (Lipinski definition) is 2. The SMILES string of the molecule is COc1ccc(/C=C/C(=O)NC2(C(=O)O)CC2c2ccccc2)cc1OC. The van der Waals surface area contributed by atoms with Gasteiger partial charge in [-0.3, -0.25) is 4.79 Å². The van der Waals surface area contributed by atoms with E-state index in [4.69, 9.17) is 9.47 Å². The molecule has 0 aromatic heterocycles. The van der Waals surface area contributed by atoms with Crippen molar-refractivity contribution in [2.24, 2.45) is 0 Å². The lowest BCUT2D eigenvalue weighted by atomic mass is 10.1. The number of rotatable bonds is 7. The third-order valence-corrected chi connectivity index (χ3v) is 4.73. The number of carboxylic acid groups (broad SMARTS) is 1. The molecule has 3 rings (SSSR count). The molecule has 0 spiro atoms. The van der Waals surface area contributed by atoms with Gasteiger partial charge in [0.2, 0.25) is 5.91 Å². The van der Waals surface area contributed by atoms with Crippen molar-refractivity contribution < 1.29 is 24.2 Å². The van der Waals surface area contributed by atoms with Crippen molar-refractivity contribution in [1.82, 2.24) is 5.32 Å². The van der Waals surface area contributed by atoms with Crippen molar-refractivity contribution in [3.05, 3.63) is 65.7 Å². The molecule has 1 saturated carbocycles. The third-order valence-electron chi connectivity index (χ3n) is 4.73. The summed E-state index contributed by atoms with van der Waals surface area (Å²) in [7, 11) is 3.08. The maximum absolute atomic E-state index is 12.3. The lowest BCUT2D eigenvalue weighted by molar-refractivity contribution is -0.142. The first-order valence-electron chi connectivity index (χ1n) is 8.51. The van der Waals surface area contributed by atoms with Crippen LogP contribution in [-0.4, -0.2) is 36.7 Å². The molecule has 1 aliphatic rings. The van der Waals surface area contributed by atoms with E-state index in [-0.39, 0.29) is 5.92 Å². The molecule has 0 radical (unpaired) electrons. The summed E-state index contributed by atoms with van der Waals surface area (Å²) in [6, 6.07) is 14.6. The monoisotopic (exact) mass is 367 g/mol. The Hall–Kier alpha value is -3.28. The summed E-state index contributed by atoms with van der Waals surface area (Å²) in [6.45, 7) is 0. The first kappa shape index (κ1) is 18.5. The summed E-state index contributed by atoms with van der Waals surface area (Å²) < 4.78 is 10.4. The van der Waals surface area contributed by atoms with E-state index in [9.17, 15) is 14.7 Å². The molecule has 0 heterocycles. The second-order valence-electron chi connectivity index (χ2n) is 6.38. The van der Waals surface area contributed by atoms with Gasteiger partial charge in [-0.1, -0.05) is 36.4 Å². The number of carbonyl (C=O) groups is 2. The Kier molecular flexibility index (Phi) is 5.16. The quantitative estimate of drug-likeness (QED) is 0.735. The van der Waals surface area contributed by atoms with Crippen molar-refractivity contribution in [3.63, 3.8) is 0 Å². The molecule has 2 unspecified atom stereocenters. The van der Waals surface area contributed by atoms with Crippen LogP contribution >= 0.6 is 0 Å². The van der Waals surface area contributed by atoms with Crippen LogP contribution in [0.4, 0.5) is 0 Å². The average Bonchev–Trinajstić information content (AvgIpc) is 3.42. The van der Waals surface area contributed by atoms with Gasteiger partial charge >= 0.3 is 5.97 Å². The number of carboxylic acids is 1. The average molecular weight is 367 g/mol. The Bertz CT molecular complexity index is 877. The van der Waals surface area contributed by atoms with Crippen LogP contribution in [0.1, 0.15) is 23.5 Å². The maximum atomic E-state index is 12.3. The van der Waals surface area contributed by atoms with Crippen molar-refractivity contribution in [1.29, 1.82) is 0 Å². The minimum absolute atomic E-state index is 0.227. The molecule has 0 saturated heterocycles. The smallest absolute Gasteiger partial charge is 0.330 e. The number of ether oxygens (including phenoxy) is 2. The van der Waals surface area contributed by atoms with E-state index < -0.39 is 17.4 Å². The zero-order valence-corrected chi connectivity index (χ0v) is 15.1. The van der Waals surface area contributed by atoms with Gasteiger partial charge in [-0.05, 0) is 35.8 Å². The Morgan fingerprint density at radius 3 is 2.44 bits per heavy atom. The standard InChI is InChI=1S/C21H21NO5/c1-26-17-10-8-14(12-18(17)27-2)9-11-19(23)22-21(20(24)25)13-16(21)15-6-4-3-5-7-15/h3-12,16H,13H2,1-2H3,(H,22,23)(H,24,25)/b11-9+. The summed E-state index contributed by atoms with van der Waals surface area (Å²) in [4.78, 5) is 24.1. The van der Waals surface area contributed by atoms with E-state index >= 15 is 0 Å². The molecule has 1 aliphatic carbocycles. The Balaban J connectivity index is 1.71. The summed E-state index contributed by atoms with van der Waals surface area (Å²) >= 11 is 0. The number of amides is 1. The van der Waals surface area contributed by atoms with Gasteiger partial charge in [0.15, 0.2) is 11.5 Å². The van der Waals surface area contributed by atoms with Crippen LogP contribution in [0.15, 0.2) is 54.6 Å². The normalized spacial score (nSPS) is 20.9. The molecule has 6 nitrogen and oxygen atoms in total. The van der Waals surface area contributed by atoms with Crippen molar-refractivity contribution >= 4 is 18.0 Å². The number of benzene rings is 2. The van der Waals surface area contributed by atoms with Gasteiger partial charge in [0, 0.05) is 12.0 Å². The van der Waals surface area contributed by atoms with Gasteiger partial charge in [0.05, 0.1) is 14.2 Å². The molecule has 2 N–H and O–H groups in total. The van der Waals surface area contributed by atoms with Crippen molar-refractivity contribution in [2.75, 3.05) is 14.2 Å².